The van der Waals surface area contributed by atoms with Gasteiger partial charge in [0.2, 0.25) is 18.2 Å². The monoisotopic (exact) mass is 270 g/mol. The summed E-state index contributed by atoms with van der Waals surface area (Å²) >= 11 is 1.23. The van der Waals surface area contributed by atoms with Crippen LogP contribution in [-0.2, 0) is 9.59 Å². The zero-order valence-electron chi connectivity index (χ0n) is 10.0. The Morgan fingerprint density at radius 2 is 2.11 bits per heavy atom. The first-order chi connectivity index (χ1) is 8.69. The molecule has 98 valence electrons. The SMILES string of the molecule is Cc1nnc(SCC(=O)N2CCN(C=O)CC2)o1. The predicted octanol–water partition coefficient (Wildman–Crippen LogP) is -0.229. The molecule has 0 radical (unpaired) electrons. The molecule has 7 nitrogen and oxygen atoms in total. The number of nitrogens with zero attached hydrogens (tertiary/aromatic N) is 4. The lowest BCUT2D eigenvalue weighted by molar-refractivity contribution is -0.132. The van der Waals surface area contributed by atoms with E-state index in [2.05, 4.69) is 10.2 Å². The first-order valence-corrected chi connectivity index (χ1v) is 6.57. The van der Waals surface area contributed by atoms with E-state index >= 15 is 0 Å². The summed E-state index contributed by atoms with van der Waals surface area (Å²) in [7, 11) is 0. The van der Waals surface area contributed by atoms with Crippen molar-refractivity contribution in [3.63, 3.8) is 0 Å². The molecule has 8 heteroatoms. The largest absolute Gasteiger partial charge is 0.416 e. The van der Waals surface area contributed by atoms with E-state index in [1.807, 2.05) is 0 Å². The van der Waals surface area contributed by atoms with Crippen LogP contribution in [0.2, 0.25) is 0 Å². The third kappa shape index (κ3) is 3.22. The minimum absolute atomic E-state index is 0.0291. The van der Waals surface area contributed by atoms with Crippen LogP contribution in [0.25, 0.3) is 0 Å². The molecule has 0 aromatic carbocycles. The van der Waals surface area contributed by atoms with Crippen LogP contribution in [0, 0.1) is 6.92 Å². The van der Waals surface area contributed by atoms with E-state index in [1.54, 1.807) is 16.7 Å². The van der Waals surface area contributed by atoms with Crippen LogP contribution in [0.5, 0.6) is 0 Å². The summed E-state index contributed by atoms with van der Waals surface area (Å²) in [5.41, 5.74) is 0. The van der Waals surface area contributed by atoms with Gasteiger partial charge >= 0.3 is 0 Å². The van der Waals surface area contributed by atoms with Gasteiger partial charge in [-0.05, 0) is 0 Å². The third-order valence-corrected chi connectivity index (χ3v) is 3.45. The van der Waals surface area contributed by atoms with Gasteiger partial charge in [-0.1, -0.05) is 11.8 Å². The summed E-state index contributed by atoms with van der Waals surface area (Å²) in [6.45, 7) is 4.07. The lowest BCUT2D eigenvalue weighted by Gasteiger charge is -2.32. The van der Waals surface area contributed by atoms with Crippen molar-refractivity contribution in [1.82, 2.24) is 20.0 Å². The molecule has 1 fully saturated rings. The second-order valence-corrected chi connectivity index (χ2v) is 4.82. The molecule has 0 atom stereocenters. The minimum Gasteiger partial charge on any atom is -0.416 e. The van der Waals surface area contributed by atoms with Crippen molar-refractivity contribution in [3.05, 3.63) is 5.89 Å². The molecule has 0 saturated carbocycles. The van der Waals surface area contributed by atoms with Gasteiger partial charge in [0.25, 0.3) is 5.22 Å². The summed E-state index contributed by atoms with van der Waals surface area (Å²) in [5, 5.41) is 7.91. The Balaban J connectivity index is 1.77. The highest BCUT2D eigenvalue weighted by Gasteiger charge is 2.20. The van der Waals surface area contributed by atoms with Gasteiger partial charge in [0.05, 0.1) is 5.75 Å². The highest BCUT2D eigenvalue weighted by Crippen LogP contribution is 2.16. The molecule has 2 rings (SSSR count). The average Bonchev–Trinajstić information content (AvgIpc) is 2.82. The van der Waals surface area contributed by atoms with E-state index in [0.29, 0.717) is 37.3 Å². The zero-order chi connectivity index (χ0) is 13.0. The second kappa shape index (κ2) is 5.85. The van der Waals surface area contributed by atoms with Crippen LogP contribution in [0.1, 0.15) is 5.89 Å². The molecule has 2 amide bonds. The quantitative estimate of drug-likeness (QED) is 0.555. The molecule has 0 spiro atoms. The van der Waals surface area contributed by atoms with E-state index < -0.39 is 0 Å². The highest BCUT2D eigenvalue weighted by molar-refractivity contribution is 7.99. The van der Waals surface area contributed by atoms with E-state index in [4.69, 9.17) is 4.42 Å². The highest BCUT2D eigenvalue weighted by atomic mass is 32.2. The molecule has 1 aliphatic heterocycles. The second-order valence-electron chi connectivity index (χ2n) is 3.90. The summed E-state index contributed by atoms with van der Waals surface area (Å²) in [6, 6.07) is 0. The molecule has 1 saturated heterocycles. The summed E-state index contributed by atoms with van der Waals surface area (Å²) in [4.78, 5) is 25.8. The van der Waals surface area contributed by atoms with E-state index in [1.165, 1.54) is 11.8 Å². The molecule has 0 unspecified atom stereocenters. The Morgan fingerprint density at radius 3 is 2.67 bits per heavy atom. The lowest BCUT2D eigenvalue weighted by atomic mass is 10.3. The average molecular weight is 270 g/mol. The third-order valence-electron chi connectivity index (χ3n) is 2.64. The molecular formula is C10H14N4O3S. The molecular weight excluding hydrogens is 256 g/mol. The number of aromatic nitrogens is 2. The van der Waals surface area contributed by atoms with Crippen LogP contribution >= 0.6 is 11.8 Å². The van der Waals surface area contributed by atoms with Crippen molar-refractivity contribution in [2.45, 2.75) is 12.1 Å². The number of carbonyl (C=O) groups is 2. The maximum absolute atomic E-state index is 11.9. The van der Waals surface area contributed by atoms with Gasteiger partial charge in [-0.15, -0.1) is 10.2 Å². The number of carbonyl (C=O) groups excluding carboxylic acids is 2. The molecule has 0 bridgehead atoms. The fourth-order valence-corrected chi connectivity index (χ4v) is 2.34. The minimum atomic E-state index is 0.0291. The number of amides is 2. The molecule has 1 aromatic heterocycles. The van der Waals surface area contributed by atoms with Crippen molar-refractivity contribution < 1.29 is 14.0 Å². The predicted molar refractivity (Wildman–Crippen MR) is 64.0 cm³/mol. The maximum Gasteiger partial charge on any atom is 0.277 e. The number of rotatable bonds is 4. The standard InChI is InChI=1S/C10H14N4O3S/c1-8-11-12-10(17-8)18-6-9(16)14-4-2-13(7-15)3-5-14/h7H,2-6H2,1H3. The Hall–Kier alpha value is -1.57. The number of hydrogen-bond donors (Lipinski definition) is 0. The van der Waals surface area contributed by atoms with Gasteiger partial charge in [-0.2, -0.15) is 0 Å². The topological polar surface area (TPSA) is 79.5 Å². The van der Waals surface area contributed by atoms with Crippen LogP contribution in [0.3, 0.4) is 0 Å². The van der Waals surface area contributed by atoms with Crippen LogP contribution in [0.15, 0.2) is 9.64 Å². The van der Waals surface area contributed by atoms with Gasteiger partial charge in [-0.3, -0.25) is 9.59 Å². The van der Waals surface area contributed by atoms with E-state index in [0.717, 1.165) is 6.41 Å². The van der Waals surface area contributed by atoms with Crippen molar-refractivity contribution in [2.24, 2.45) is 0 Å². The Kier molecular flexibility index (Phi) is 4.19. The molecule has 1 aromatic rings. The lowest BCUT2D eigenvalue weighted by Crippen LogP contribution is -2.48. The first kappa shape index (κ1) is 12.9. The van der Waals surface area contributed by atoms with Crippen molar-refractivity contribution in [1.29, 1.82) is 0 Å². The van der Waals surface area contributed by atoms with Gasteiger partial charge in [0.15, 0.2) is 0 Å². The number of aryl methyl sites for hydroxylation is 1. The molecule has 2 heterocycles. The molecule has 1 aliphatic rings. The molecule has 0 aliphatic carbocycles. The van der Waals surface area contributed by atoms with Crippen molar-refractivity contribution in [2.75, 3.05) is 31.9 Å². The maximum atomic E-state index is 11.9. The fourth-order valence-electron chi connectivity index (χ4n) is 1.63. The van der Waals surface area contributed by atoms with Crippen LogP contribution in [-0.4, -0.2) is 64.2 Å². The molecule has 18 heavy (non-hydrogen) atoms. The Bertz CT molecular complexity index is 429. The zero-order valence-corrected chi connectivity index (χ0v) is 10.9. The Morgan fingerprint density at radius 1 is 1.39 bits per heavy atom. The number of hydrogen-bond acceptors (Lipinski definition) is 6. The van der Waals surface area contributed by atoms with Gasteiger partial charge < -0.3 is 14.2 Å². The number of thioether (sulfide) groups is 1. The summed E-state index contributed by atoms with van der Waals surface area (Å²) in [5.74, 6) is 0.800. The Labute approximate surface area is 109 Å². The van der Waals surface area contributed by atoms with Crippen molar-refractivity contribution in [3.8, 4) is 0 Å². The normalized spacial score (nSPS) is 15.8. The summed E-state index contributed by atoms with van der Waals surface area (Å²) in [6.07, 6.45) is 0.817. The van der Waals surface area contributed by atoms with Gasteiger partial charge in [-0.25, -0.2) is 0 Å². The van der Waals surface area contributed by atoms with Gasteiger partial charge in [0.1, 0.15) is 0 Å². The fraction of sp³-hybridized carbons (Fsp3) is 0.600. The van der Waals surface area contributed by atoms with E-state index in [-0.39, 0.29) is 11.7 Å². The van der Waals surface area contributed by atoms with E-state index in [9.17, 15) is 9.59 Å². The van der Waals surface area contributed by atoms with Crippen LogP contribution < -0.4 is 0 Å². The first-order valence-electron chi connectivity index (χ1n) is 5.59. The molecule has 0 N–H and O–H groups in total. The van der Waals surface area contributed by atoms with Gasteiger partial charge in [0, 0.05) is 33.1 Å². The van der Waals surface area contributed by atoms with Crippen LogP contribution in [0.4, 0.5) is 0 Å². The number of piperazine rings is 1. The summed E-state index contributed by atoms with van der Waals surface area (Å²) < 4.78 is 5.17. The smallest absolute Gasteiger partial charge is 0.277 e. The van der Waals surface area contributed by atoms with Crippen molar-refractivity contribution >= 4 is 24.1 Å².